The number of aromatic nitrogens is 1. The second-order valence-electron chi connectivity index (χ2n) is 5.57. The maximum absolute atomic E-state index is 11.9. The molecule has 4 N–H and O–H groups in total. The minimum absolute atomic E-state index is 0.0464. The van der Waals surface area contributed by atoms with Crippen molar-refractivity contribution in [2.24, 2.45) is 11.7 Å². The zero-order valence-electron chi connectivity index (χ0n) is 12.8. The Morgan fingerprint density at radius 3 is 2.86 bits per heavy atom. The molecule has 1 aliphatic carbocycles. The van der Waals surface area contributed by atoms with Crippen LogP contribution in [-0.4, -0.2) is 40.6 Å². The van der Waals surface area contributed by atoms with E-state index in [1.54, 1.807) is 19.9 Å². The van der Waals surface area contributed by atoms with Gasteiger partial charge in [0, 0.05) is 18.7 Å². The Morgan fingerprint density at radius 2 is 2.27 bits per heavy atom. The van der Waals surface area contributed by atoms with Crippen LogP contribution in [0.25, 0.3) is 0 Å². The molecule has 2 rings (SSSR count). The number of thioether (sulfide) groups is 1. The highest BCUT2D eigenvalue weighted by molar-refractivity contribution is 8.01. The van der Waals surface area contributed by atoms with Gasteiger partial charge in [-0.25, -0.2) is 0 Å². The Hall–Kier alpha value is -1.54. The van der Waals surface area contributed by atoms with E-state index in [4.69, 9.17) is 10.3 Å². The Morgan fingerprint density at radius 1 is 1.55 bits per heavy atom. The normalized spacial score (nSPS) is 16.9. The van der Waals surface area contributed by atoms with Gasteiger partial charge in [0.2, 0.25) is 11.8 Å². The number of carbonyl (C=O) groups is 2. The van der Waals surface area contributed by atoms with Crippen molar-refractivity contribution in [3.63, 3.8) is 0 Å². The van der Waals surface area contributed by atoms with Crippen LogP contribution in [0.4, 0.5) is 5.82 Å². The fourth-order valence-corrected chi connectivity index (χ4v) is 2.62. The van der Waals surface area contributed by atoms with E-state index >= 15 is 0 Å². The van der Waals surface area contributed by atoms with Crippen LogP contribution in [0.1, 0.15) is 25.5 Å². The van der Waals surface area contributed by atoms with E-state index in [1.165, 1.54) is 11.8 Å². The predicted octanol–water partition coefficient (Wildman–Crippen LogP) is 0.897. The van der Waals surface area contributed by atoms with Crippen molar-refractivity contribution < 1.29 is 14.1 Å². The van der Waals surface area contributed by atoms with Crippen LogP contribution in [0, 0.1) is 12.8 Å². The van der Waals surface area contributed by atoms with Crippen LogP contribution in [0.5, 0.6) is 0 Å². The third-order valence-corrected chi connectivity index (χ3v) is 4.62. The zero-order valence-corrected chi connectivity index (χ0v) is 13.6. The minimum Gasteiger partial charge on any atom is -0.360 e. The number of nitrogens with one attached hydrogen (secondary N) is 2. The van der Waals surface area contributed by atoms with Crippen molar-refractivity contribution >= 4 is 29.4 Å². The van der Waals surface area contributed by atoms with Gasteiger partial charge < -0.3 is 20.9 Å². The molecule has 1 heterocycles. The first-order valence-corrected chi connectivity index (χ1v) is 8.38. The average molecular weight is 326 g/mol. The molecule has 0 aliphatic heterocycles. The Kier molecular flexibility index (Phi) is 5.84. The lowest BCUT2D eigenvalue weighted by atomic mass is 10.2. The maximum atomic E-state index is 11.9. The van der Waals surface area contributed by atoms with Gasteiger partial charge in [-0.2, -0.15) is 0 Å². The molecular formula is C14H22N4O3S. The van der Waals surface area contributed by atoms with Crippen LogP contribution < -0.4 is 16.4 Å². The first-order chi connectivity index (χ1) is 10.5. The summed E-state index contributed by atoms with van der Waals surface area (Å²) in [5.41, 5.74) is 5.92. The Balaban J connectivity index is 1.64. The largest absolute Gasteiger partial charge is 0.360 e. The first kappa shape index (κ1) is 16.8. The first-order valence-electron chi connectivity index (χ1n) is 7.33. The molecule has 1 fully saturated rings. The topological polar surface area (TPSA) is 110 Å². The third-order valence-electron chi connectivity index (χ3n) is 3.48. The number of aryl methyl sites for hydroxylation is 1. The predicted molar refractivity (Wildman–Crippen MR) is 85.5 cm³/mol. The molecular weight excluding hydrogens is 304 g/mol. The van der Waals surface area contributed by atoms with Gasteiger partial charge in [0.05, 0.1) is 11.0 Å². The van der Waals surface area contributed by atoms with Gasteiger partial charge in [0.25, 0.3) is 0 Å². The van der Waals surface area contributed by atoms with E-state index in [0.29, 0.717) is 24.0 Å². The Bertz CT molecular complexity index is 530. The summed E-state index contributed by atoms with van der Waals surface area (Å²) in [6.07, 6.45) is 2.31. The summed E-state index contributed by atoms with van der Waals surface area (Å²) in [6.45, 7) is 4.00. The fourth-order valence-electron chi connectivity index (χ4n) is 1.90. The number of anilines is 1. The molecule has 1 aromatic heterocycles. The van der Waals surface area contributed by atoms with Crippen molar-refractivity contribution in [1.29, 1.82) is 0 Å². The molecule has 0 spiro atoms. The number of nitrogens with two attached hydrogens (primary N) is 1. The second kappa shape index (κ2) is 7.64. The van der Waals surface area contributed by atoms with E-state index in [0.717, 1.165) is 12.8 Å². The van der Waals surface area contributed by atoms with Crippen molar-refractivity contribution in [3.8, 4) is 0 Å². The lowest BCUT2D eigenvalue weighted by molar-refractivity contribution is -0.118. The molecule has 1 aliphatic rings. The van der Waals surface area contributed by atoms with E-state index in [-0.39, 0.29) is 28.9 Å². The lowest BCUT2D eigenvalue weighted by Crippen LogP contribution is -2.39. The molecule has 0 bridgehead atoms. The Labute approximate surface area is 133 Å². The van der Waals surface area contributed by atoms with Crippen molar-refractivity contribution in [2.75, 3.05) is 17.6 Å². The minimum atomic E-state index is -0.361. The summed E-state index contributed by atoms with van der Waals surface area (Å²) in [6, 6.07) is 1.69. The fraction of sp³-hybridized carbons (Fsp3) is 0.643. The highest BCUT2D eigenvalue weighted by atomic mass is 32.2. The smallest absolute Gasteiger partial charge is 0.238 e. The molecule has 0 saturated heterocycles. The number of carbonyl (C=O) groups excluding carboxylic acids is 2. The highest BCUT2D eigenvalue weighted by Gasteiger charge is 2.28. The van der Waals surface area contributed by atoms with Gasteiger partial charge in [0.1, 0.15) is 5.76 Å². The molecule has 0 radical (unpaired) electrons. The van der Waals surface area contributed by atoms with Gasteiger partial charge in [-0.3, -0.25) is 9.59 Å². The van der Waals surface area contributed by atoms with E-state index < -0.39 is 0 Å². The molecule has 2 unspecified atom stereocenters. The van der Waals surface area contributed by atoms with Gasteiger partial charge in [0.15, 0.2) is 5.82 Å². The summed E-state index contributed by atoms with van der Waals surface area (Å²) < 4.78 is 4.87. The number of rotatable bonds is 8. The third kappa shape index (κ3) is 5.34. The zero-order chi connectivity index (χ0) is 16.1. The van der Waals surface area contributed by atoms with Crippen LogP contribution >= 0.6 is 11.8 Å². The quantitative estimate of drug-likeness (QED) is 0.654. The molecule has 2 atom stereocenters. The van der Waals surface area contributed by atoms with Gasteiger partial charge in [-0.05, 0) is 32.6 Å². The van der Waals surface area contributed by atoms with Crippen LogP contribution in [0.3, 0.4) is 0 Å². The van der Waals surface area contributed by atoms with Crippen molar-refractivity contribution in [1.82, 2.24) is 10.5 Å². The van der Waals surface area contributed by atoms with Crippen molar-refractivity contribution in [3.05, 3.63) is 11.8 Å². The summed E-state index contributed by atoms with van der Waals surface area (Å²) >= 11 is 1.27. The highest BCUT2D eigenvalue weighted by Crippen LogP contribution is 2.31. The SMILES string of the molecule is Cc1cc(NC(=O)C(C)SCC(=O)NCC(N)C2CC2)no1. The maximum Gasteiger partial charge on any atom is 0.238 e. The number of hydrogen-bond acceptors (Lipinski definition) is 6. The summed E-state index contributed by atoms with van der Waals surface area (Å²) in [7, 11) is 0. The monoisotopic (exact) mass is 326 g/mol. The standard InChI is InChI=1S/C14H22N4O3S/c1-8-5-12(18-21-8)17-14(20)9(2)22-7-13(19)16-6-11(15)10-3-4-10/h5,9-11H,3-4,6-7,15H2,1-2H3,(H,16,19)(H,17,18,20). The molecule has 7 nitrogen and oxygen atoms in total. The molecule has 2 amide bonds. The van der Waals surface area contributed by atoms with Crippen molar-refractivity contribution in [2.45, 2.75) is 38.0 Å². The van der Waals surface area contributed by atoms with E-state index in [9.17, 15) is 9.59 Å². The second-order valence-corrected chi connectivity index (χ2v) is 6.90. The molecule has 1 aromatic rings. The lowest BCUT2D eigenvalue weighted by Gasteiger charge is -2.13. The van der Waals surface area contributed by atoms with E-state index in [2.05, 4.69) is 15.8 Å². The molecule has 8 heteroatoms. The molecule has 122 valence electrons. The molecule has 22 heavy (non-hydrogen) atoms. The number of hydrogen-bond donors (Lipinski definition) is 3. The summed E-state index contributed by atoms with van der Waals surface area (Å²) in [5, 5.41) is 8.78. The van der Waals surface area contributed by atoms with Crippen LogP contribution in [-0.2, 0) is 9.59 Å². The van der Waals surface area contributed by atoms with Crippen LogP contribution in [0.2, 0.25) is 0 Å². The van der Waals surface area contributed by atoms with E-state index in [1.807, 2.05) is 0 Å². The molecule has 1 saturated carbocycles. The average Bonchev–Trinajstić information content (AvgIpc) is 3.26. The van der Waals surface area contributed by atoms with Crippen LogP contribution in [0.15, 0.2) is 10.6 Å². The summed E-state index contributed by atoms with van der Waals surface area (Å²) in [5.74, 6) is 1.49. The van der Waals surface area contributed by atoms with Gasteiger partial charge in [-0.15, -0.1) is 11.8 Å². The van der Waals surface area contributed by atoms with Gasteiger partial charge in [-0.1, -0.05) is 5.16 Å². The molecule has 0 aromatic carbocycles. The number of amides is 2. The van der Waals surface area contributed by atoms with Gasteiger partial charge >= 0.3 is 0 Å². The summed E-state index contributed by atoms with van der Waals surface area (Å²) in [4.78, 5) is 23.7. The number of nitrogens with zero attached hydrogens (tertiary/aromatic N) is 1.